The van der Waals surface area contributed by atoms with E-state index in [0.717, 1.165) is 24.9 Å². The third-order valence-corrected chi connectivity index (χ3v) is 5.25. The monoisotopic (exact) mass is 310 g/mol. The van der Waals surface area contributed by atoms with Crippen LogP contribution in [-0.4, -0.2) is 26.8 Å². The molecule has 1 saturated carbocycles. The second-order valence-electron chi connectivity index (χ2n) is 5.74. The van der Waals surface area contributed by atoms with Crippen molar-refractivity contribution in [2.75, 3.05) is 12.3 Å². The van der Waals surface area contributed by atoms with Gasteiger partial charge in [-0.05, 0) is 44.2 Å². The Hall–Kier alpha value is -0.910. The van der Waals surface area contributed by atoms with Crippen molar-refractivity contribution in [2.45, 2.75) is 51.1 Å². The molecule has 118 valence electrons. The van der Waals surface area contributed by atoms with Gasteiger partial charge in [-0.3, -0.25) is 0 Å². The van der Waals surface area contributed by atoms with Gasteiger partial charge >= 0.3 is 0 Å². The van der Waals surface area contributed by atoms with Crippen LogP contribution < -0.4 is 10.0 Å². The second kappa shape index (κ2) is 7.92. The average molecular weight is 310 g/mol. The maximum Gasteiger partial charge on any atom is 0.212 e. The van der Waals surface area contributed by atoms with Crippen molar-refractivity contribution in [3.8, 4) is 0 Å². The number of benzene rings is 1. The summed E-state index contributed by atoms with van der Waals surface area (Å²) in [7, 11) is -3.20. The standard InChI is InChI=1S/C16H26N2O2S/c1-2-16(14-8-4-3-5-9-14)18-21(19,20)13-7-6-12-17-15-10-11-15/h3-5,8-9,15-18H,2,6-7,10-13H2,1H3. The maximum absolute atomic E-state index is 12.2. The Morgan fingerprint density at radius 2 is 1.90 bits per heavy atom. The molecule has 0 spiro atoms. The lowest BCUT2D eigenvalue weighted by Crippen LogP contribution is -2.30. The molecule has 4 nitrogen and oxygen atoms in total. The van der Waals surface area contributed by atoms with Gasteiger partial charge in [0.15, 0.2) is 0 Å². The first kappa shape index (κ1) is 16.5. The Morgan fingerprint density at radius 3 is 2.52 bits per heavy atom. The van der Waals surface area contributed by atoms with Gasteiger partial charge in [0, 0.05) is 12.1 Å². The fourth-order valence-electron chi connectivity index (χ4n) is 2.36. The fraction of sp³-hybridized carbons (Fsp3) is 0.625. The molecule has 2 rings (SSSR count). The summed E-state index contributed by atoms with van der Waals surface area (Å²) in [5.74, 6) is 0.211. The van der Waals surface area contributed by atoms with Crippen molar-refractivity contribution in [1.29, 1.82) is 0 Å². The number of sulfonamides is 1. The SMILES string of the molecule is CCC(NS(=O)(=O)CCCCNC1CC1)c1ccccc1. The molecule has 21 heavy (non-hydrogen) atoms. The molecule has 0 amide bonds. The van der Waals surface area contributed by atoms with Gasteiger partial charge in [-0.2, -0.15) is 0 Å². The Bertz CT molecular complexity index is 512. The van der Waals surface area contributed by atoms with E-state index in [0.29, 0.717) is 12.5 Å². The first-order valence-electron chi connectivity index (χ1n) is 7.89. The van der Waals surface area contributed by atoms with Gasteiger partial charge in [0.2, 0.25) is 10.0 Å². The molecular formula is C16H26N2O2S. The molecule has 1 aromatic carbocycles. The van der Waals surface area contributed by atoms with E-state index in [2.05, 4.69) is 10.0 Å². The van der Waals surface area contributed by atoms with Crippen LogP contribution in [-0.2, 0) is 10.0 Å². The lowest BCUT2D eigenvalue weighted by Gasteiger charge is -2.17. The molecule has 0 saturated heterocycles. The van der Waals surface area contributed by atoms with Crippen LogP contribution in [0.25, 0.3) is 0 Å². The highest BCUT2D eigenvalue weighted by molar-refractivity contribution is 7.89. The first-order chi connectivity index (χ1) is 10.1. The van der Waals surface area contributed by atoms with Crippen LogP contribution in [0.4, 0.5) is 0 Å². The number of hydrogen-bond acceptors (Lipinski definition) is 3. The quantitative estimate of drug-likeness (QED) is 0.653. The van der Waals surface area contributed by atoms with Crippen molar-refractivity contribution in [3.63, 3.8) is 0 Å². The molecule has 0 radical (unpaired) electrons. The highest BCUT2D eigenvalue weighted by atomic mass is 32.2. The lowest BCUT2D eigenvalue weighted by molar-refractivity contribution is 0.544. The summed E-state index contributed by atoms with van der Waals surface area (Å²) in [6.07, 6.45) is 4.93. The van der Waals surface area contributed by atoms with Gasteiger partial charge in [0.1, 0.15) is 0 Å². The molecular weight excluding hydrogens is 284 g/mol. The molecule has 2 N–H and O–H groups in total. The fourth-order valence-corrected chi connectivity index (χ4v) is 3.80. The topological polar surface area (TPSA) is 58.2 Å². The van der Waals surface area contributed by atoms with E-state index in [-0.39, 0.29) is 11.8 Å². The Labute approximate surface area is 128 Å². The van der Waals surface area contributed by atoms with Crippen LogP contribution >= 0.6 is 0 Å². The number of nitrogens with one attached hydrogen (secondary N) is 2. The van der Waals surface area contributed by atoms with Crippen LogP contribution in [0.1, 0.15) is 50.6 Å². The van der Waals surface area contributed by atoms with Crippen molar-refractivity contribution in [1.82, 2.24) is 10.0 Å². The second-order valence-corrected chi connectivity index (χ2v) is 7.62. The van der Waals surface area contributed by atoms with Gasteiger partial charge < -0.3 is 5.32 Å². The molecule has 0 aliphatic heterocycles. The predicted octanol–water partition coefficient (Wildman–Crippen LogP) is 2.59. The number of hydrogen-bond donors (Lipinski definition) is 2. The van der Waals surface area contributed by atoms with Crippen LogP contribution in [0.3, 0.4) is 0 Å². The summed E-state index contributed by atoms with van der Waals surface area (Å²) in [5.41, 5.74) is 1.03. The maximum atomic E-state index is 12.2. The lowest BCUT2D eigenvalue weighted by atomic mass is 10.1. The summed E-state index contributed by atoms with van der Waals surface area (Å²) in [6.45, 7) is 2.93. The summed E-state index contributed by atoms with van der Waals surface area (Å²) in [4.78, 5) is 0. The summed E-state index contributed by atoms with van der Waals surface area (Å²) < 4.78 is 27.1. The minimum absolute atomic E-state index is 0.124. The summed E-state index contributed by atoms with van der Waals surface area (Å²) >= 11 is 0. The van der Waals surface area contributed by atoms with Gasteiger partial charge in [0.05, 0.1) is 5.75 Å². The number of unbranched alkanes of at least 4 members (excludes halogenated alkanes) is 1. The van der Waals surface area contributed by atoms with Crippen molar-refractivity contribution >= 4 is 10.0 Å². The largest absolute Gasteiger partial charge is 0.314 e. The van der Waals surface area contributed by atoms with Gasteiger partial charge in [-0.15, -0.1) is 0 Å². The highest BCUT2D eigenvalue weighted by Crippen LogP contribution is 2.19. The molecule has 1 unspecified atom stereocenters. The van der Waals surface area contributed by atoms with E-state index in [9.17, 15) is 8.42 Å². The van der Waals surface area contributed by atoms with E-state index >= 15 is 0 Å². The third-order valence-electron chi connectivity index (χ3n) is 3.78. The van der Waals surface area contributed by atoms with E-state index in [4.69, 9.17) is 0 Å². The Morgan fingerprint density at radius 1 is 1.19 bits per heavy atom. The van der Waals surface area contributed by atoms with E-state index in [1.54, 1.807) is 0 Å². The van der Waals surface area contributed by atoms with Crippen molar-refractivity contribution < 1.29 is 8.42 Å². The first-order valence-corrected chi connectivity index (χ1v) is 9.54. The molecule has 0 bridgehead atoms. The van der Waals surface area contributed by atoms with E-state index in [1.807, 2.05) is 37.3 Å². The predicted molar refractivity (Wildman–Crippen MR) is 86.7 cm³/mol. The molecule has 1 aliphatic carbocycles. The zero-order valence-electron chi connectivity index (χ0n) is 12.7. The average Bonchev–Trinajstić information content (AvgIpc) is 3.29. The van der Waals surface area contributed by atoms with Crippen molar-refractivity contribution in [3.05, 3.63) is 35.9 Å². The van der Waals surface area contributed by atoms with Crippen molar-refractivity contribution in [2.24, 2.45) is 0 Å². The van der Waals surface area contributed by atoms with E-state index in [1.165, 1.54) is 12.8 Å². The van der Waals surface area contributed by atoms with Crippen LogP contribution in [0.2, 0.25) is 0 Å². The van der Waals surface area contributed by atoms with Crippen LogP contribution in [0, 0.1) is 0 Å². The molecule has 1 aliphatic rings. The Balaban J connectivity index is 1.75. The summed E-state index contributed by atoms with van der Waals surface area (Å²) in [6, 6.07) is 10.3. The van der Waals surface area contributed by atoms with Gasteiger partial charge in [0.25, 0.3) is 0 Å². The molecule has 0 heterocycles. The molecule has 1 aromatic rings. The van der Waals surface area contributed by atoms with Gasteiger partial charge in [-0.1, -0.05) is 37.3 Å². The molecule has 1 atom stereocenters. The minimum atomic E-state index is -3.20. The third kappa shape index (κ3) is 6.16. The van der Waals surface area contributed by atoms with Crippen LogP contribution in [0.5, 0.6) is 0 Å². The molecule has 1 fully saturated rings. The summed E-state index contributed by atoms with van der Waals surface area (Å²) in [5, 5.41) is 3.41. The smallest absolute Gasteiger partial charge is 0.212 e. The minimum Gasteiger partial charge on any atom is -0.314 e. The highest BCUT2D eigenvalue weighted by Gasteiger charge is 2.20. The zero-order valence-corrected chi connectivity index (χ0v) is 13.5. The zero-order chi connectivity index (χ0) is 15.1. The molecule has 0 aromatic heterocycles. The molecule has 5 heteroatoms. The van der Waals surface area contributed by atoms with Gasteiger partial charge in [-0.25, -0.2) is 13.1 Å². The van der Waals surface area contributed by atoms with E-state index < -0.39 is 10.0 Å². The van der Waals surface area contributed by atoms with Crippen LogP contribution in [0.15, 0.2) is 30.3 Å². The number of rotatable bonds is 10. The normalized spacial score (nSPS) is 16.8. The Kier molecular flexibility index (Phi) is 6.21.